The number of nitrogens with zero attached hydrogens (tertiary/aromatic N) is 1. The Balaban J connectivity index is 0.00000280. The number of hydrogen-bond donors (Lipinski definition) is 2. The van der Waals surface area contributed by atoms with E-state index >= 15 is 0 Å². The highest BCUT2D eigenvalue weighted by Gasteiger charge is 2.30. The maximum absolute atomic E-state index is 12.9. The highest BCUT2D eigenvalue weighted by atomic mass is 35.5. The van der Waals surface area contributed by atoms with Crippen LogP contribution >= 0.6 is 12.4 Å². The van der Waals surface area contributed by atoms with Crippen LogP contribution in [0.3, 0.4) is 0 Å². The van der Waals surface area contributed by atoms with Crippen molar-refractivity contribution in [1.82, 2.24) is 15.5 Å². The minimum atomic E-state index is -0.483. The van der Waals surface area contributed by atoms with Crippen LogP contribution < -0.4 is 10.6 Å². The quantitative estimate of drug-likeness (QED) is 0.806. The zero-order valence-corrected chi connectivity index (χ0v) is 17.6. The van der Waals surface area contributed by atoms with E-state index in [0.717, 1.165) is 22.9 Å². The third-order valence-corrected chi connectivity index (χ3v) is 5.11. The van der Waals surface area contributed by atoms with E-state index in [-0.39, 0.29) is 42.6 Å². The highest BCUT2D eigenvalue weighted by Crippen LogP contribution is 2.16. The molecule has 2 aromatic carbocycles. The van der Waals surface area contributed by atoms with Crippen LogP contribution in [-0.4, -0.2) is 48.4 Å². The van der Waals surface area contributed by atoms with Gasteiger partial charge in [-0.15, -0.1) is 12.4 Å². The van der Waals surface area contributed by atoms with Gasteiger partial charge in [0, 0.05) is 25.7 Å². The standard InChI is InChI=1S/C22H29N3O2.ClH/c1-15(2)21(22(27)25-11-10-23-16(3)14-25)24-20(26)13-17-8-9-18-6-4-5-7-19(18)12-17;/h4-9,12,15-16,21,23H,10-11,13-14H2,1-3H3,(H,24,26);1H. The summed E-state index contributed by atoms with van der Waals surface area (Å²) in [5.41, 5.74) is 0.956. The fourth-order valence-corrected chi connectivity index (χ4v) is 3.60. The number of amides is 2. The fourth-order valence-electron chi connectivity index (χ4n) is 3.60. The molecule has 0 aliphatic carbocycles. The summed E-state index contributed by atoms with van der Waals surface area (Å²) in [5, 5.41) is 8.59. The Labute approximate surface area is 173 Å². The van der Waals surface area contributed by atoms with Gasteiger partial charge in [-0.05, 0) is 29.2 Å². The third kappa shape index (κ3) is 5.46. The summed E-state index contributed by atoms with van der Waals surface area (Å²) in [4.78, 5) is 27.4. The van der Waals surface area contributed by atoms with Crippen LogP contribution in [0.1, 0.15) is 26.3 Å². The monoisotopic (exact) mass is 403 g/mol. The predicted octanol–water partition coefficient (Wildman–Crippen LogP) is 2.77. The molecular weight excluding hydrogens is 374 g/mol. The fraction of sp³-hybridized carbons (Fsp3) is 0.455. The number of piperazine rings is 1. The van der Waals surface area contributed by atoms with Crippen molar-refractivity contribution in [3.8, 4) is 0 Å². The largest absolute Gasteiger partial charge is 0.344 e. The van der Waals surface area contributed by atoms with Gasteiger partial charge < -0.3 is 15.5 Å². The van der Waals surface area contributed by atoms with Crippen LogP contribution in [0.4, 0.5) is 0 Å². The second-order valence-corrected chi connectivity index (χ2v) is 7.79. The zero-order valence-electron chi connectivity index (χ0n) is 16.8. The van der Waals surface area contributed by atoms with E-state index in [9.17, 15) is 9.59 Å². The summed E-state index contributed by atoms with van der Waals surface area (Å²) in [6, 6.07) is 13.9. The molecule has 1 aliphatic rings. The number of carbonyl (C=O) groups excluding carboxylic acids is 2. The molecular formula is C22H30ClN3O2. The van der Waals surface area contributed by atoms with Gasteiger partial charge in [0.1, 0.15) is 6.04 Å². The first-order valence-corrected chi connectivity index (χ1v) is 9.73. The number of carbonyl (C=O) groups is 2. The number of halogens is 1. The lowest BCUT2D eigenvalue weighted by Crippen LogP contribution is -2.58. The lowest BCUT2D eigenvalue weighted by Gasteiger charge is -2.35. The molecule has 152 valence electrons. The van der Waals surface area contributed by atoms with E-state index < -0.39 is 6.04 Å². The summed E-state index contributed by atoms with van der Waals surface area (Å²) in [7, 11) is 0. The van der Waals surface area contributed by atoms with Crippen LogP contribution in [0.5, 0.6) is 0 Å². The highest BCUT2D eigenvalue weighted by molar-refractivity contribution is 5.90. The molecule has 1 saturated heterocycles. The molecule has 28 heavy (non-hydrogen) atoms. The lowest BCUT2D eigenvalue weighted by molar-refractivity contribution is -0.138. The Morgan fingerprint density at radius 1 is 1.18 bits per heavy atom. The maximum atomic E-state index is 12.9. The Morgan fingerprint density at radius 2 is 1.89 bits per heavy atom. The number of benzene rings is 2. The van der Waals surface area contributed by atoms with Crippen molar-refractivity contribution in [2.75, 3.05) is 19.6 Å². The number of hydrogen-bond acceptors (Lipinski definition) is 3. The molecule has 1 aliphatic heterocycles. The van der Waals surface area contributed by atoms with Crippen LogP contribution in [0.2, 0.25) is 0 Å². The maximum Gasteiger partial charge on any atom is 0.245 e. The average molecular weight is 404 g/mol. The van der Waals surface area contributed by atoms with Crippen LogP contribution in [0, 0.1) is 5.92 Å². The first-order valence-electron chi connectivity index (χ1n) is 9.73. The first kappa shape index (κ1) is 22.2. The number of rotatable bonds is 5. The van der Waals surface area contributed by atoms with Crippen molar-refractivity contribution in [2.24, 2.45) is 5.92 Å². The Kier molecular flexibility index (Phi) is 7.84. The lowest BCUT2D eigenvalue weighted by atomic mass is 10.0. The normalized spacial score (nSPS) is 17.9. The molecule has 2 atom stereocenters. The van der Waals surface area contributed by atoms with Gasteiger partial charge in [-0.3, -0.25) is 9.59 Å². The summed E-state index contributed by atoms with van der Waals surface area (Å²) in [6.45, 7) is 8.19. The molecule has 0 saturated carbocycles. The second kappa shape index (κ2) is 9.89. The van der Waals surface area contributed by atoms with E-state index in [1.807, 2.05) is 55.1 Å². The van der Waals surface area contributed by atoms with Crippen LogP contribution in [0.15, 0.2) is 42.5 Å². The van der Waals surface area contributed by atoms with Gasteiger partial charge in [-0.2, -0.15) is 0 Å². The molecule has 6 heteroatoms. The topological polar surface area (TPSA) is 61.4 Å². The molecule has 3 rings (SSSR count). The average Bonchev–Trinajstić information content (AvgIpc) is 2.65. The SMILES string of the molecule is CC1CN(C(=O)C(NC(=O)Cc2ccc3ccccc3c2)C(C)C)CCN1.Cl. The molecule has 2 amide bonds. The molecule has 1 heterocycles. The van der Waals surface area contributed by atoms with Crippen molar-refractivity contribution < 1.29 is 9.59 Å². The summed E-state index contributed by atoms with van der Waals surface area (Å²) < 4.78 is 0. The summed E-state index contributed by atoms with van der Waals surface area (Å²) >= 11 is 0. The van der Waals surface area contributed by atoms with E-state index in [0.29, 0.717) is 13.1 Å². The molecule has 2 N–H and O–H groups in total. The van der Waals surface area contributed by atoms with Gasteiger partial charge in [0.05, 0.1) is 6.42 Å². The second-order valence-electron chi connectivity index (χ2n) is 7.79. The van der Waals surface area contributed by atoms with Gasteiger partial charge in [0.15, 0.2) is 0 Å². The molecule has 2 aromatic rings. The molecule has 0 aromatic heterocycles. The van der Waals surface area contributed by atoms with Crippen molar-refractivity contribution in [2.45, 2.75) is 39.3 Å². The molecule has 0 bridgehead atoms. The Hall–Kier alpha value is -2.11. The molecule has 0 spiro atoms. The number of fused-ring (bicyclic) bond motifs is 1. The van der Waals surface area contributed by atoms with Crippen molar-refractivity contribution in [3.63, 3.8) is 0 Å². The Morgan fingerprint density at radius 3 is 2.57 bits per heavy atom. The van der Waals surface area contributed by atoms with E-state index in [1.54, 1.807) is 0 Å². The van der Waals surface area contributed by atoms with Gasteiger partial charge in [0.2, 0.25) is 11.8 Å². The minimum Gasteiger partial charge on any atom is -0.344 e. The molecule has 0 radical (unpaired) electrons. The van der Waals surface area contributed by atoms with Crippen molar-refractivity contribution in [3.05, 3.63) is 48.0 Å². The van der Waals surface area contributed by atoms with Crippen molar-refractivity contribution in [1.29, 1.82) is 0 Å². The van der Waals surface area contributed by atoms with E-state index in [2.05, 4.69) is 23.6 Å². The zero-order chi connectivity index (χ0) is 19.4. The predicted molar refractivity (Wildman–Crippen MR) is 116 cm³/mol. The van der Waals surface area contributed by atoms with Gasteiger partial charge in [-0.25, -0.2) is 0 Å². The molecule has 2 unspecified atom stereocenters. The Bertz CT molecular complexity index is 824. The van der Waals surface area contributed by atoms with E-state index in [4.69, 9.17) is 0 Å². The van der Waals surface area contributed by atoms with Crippen LogP contribution in [-0.2, 0) is 16.0 Å². The first-order chi connectivity index (χ1) is 12.9. The van der Waals surface area contributed by atoms with Crippen LogP contribution in [0.25, 0.3) is 10.8 Å². The number of nitrogens with one attached hydrogen (secondary N) is 2. The molecule has 1 fully saturated rings. The van der Waals surface area contributed by atoms with Gasteiger partial charge in [0.25, 0.3) is 0 Å². The third-order valence-electron chi connectivity index (χ3n) is 5.11. The van der Waals surface area contributed by atoms with Crippen molar-refractivity contribution >= 4 is 35.0 Å². The van der Waals surface area contributed by atoms with Gasteiger partial charge >= 0.3 is 0 Å². The smallest absolute Gasteiger partial charge is 0.245 e. The summed E-state index contributed by atoms with van der Waals surface area (Å²) in [6.07, 6.45) is 0.277. The van der Waals surface area contributed by atoms with Gasteiger partial charge in [-0.1, -0.05) is 56.3 Å². The summed E-state index contributed by atoms with van der Waals surface area (Å²) in [5.74, 6) is -0.0472. The van der Waals surface area contributed by atoms with E-state index in [1.165, 1.54) is 0 Å². The molecule has 5 nitrogen and oxygen atoms in total. The minimum absolute atomic E-state index is 0.